The van der Waals surface area contributed by atoms with Crippen LogP contribution < -0.4 is 10.6 Å². The zero-order valence-electron chi connectivity index (χ0n) is 16.6. The van der Waals surface area contributed by atoms with Crippen LogP contribution in [0.5, 0.6) is 0 Å². The van der Waals surface area contributed by atoms with Crippen molar-refractivity contribution in [1.82, 2.24) is 20.5 Å². The van der Waals surface area contributed by atoms with Crippen molar-refractivity contribution in [3.63, 3.8) is 0 Å². The highest BCUT2D eigenvalue weighted by Crippen LogP contribution is 2.27. The van der Waals surface area contributed by atoms with E-state index in [0.29, 0.717) is 6.54 Å². The number of β-amino-alcohol motifs (C(OH)–C–C–N with tert-alkyl or cyclic N) is 1. The third-order valence-corrected chi connectivity index (χ3v) is 6.60. The van der Waals surface area contributed by atoms with Gasteiger partial charge in [-0.25, -0.2) is 4.98 Å². The first-order valence-corrected chi connectivity index (χ1v) is 10.8. The minimum absolute atomic E-state index is 0.116. The molecule has 0 spiro atoms. The van der Waals surface area contributed by atoms with Gasteiger partial charge in [0.05, 0.1) is 28.1 Å². The van der Waals surface area contributed by atoms with Crippen LogP contribution >= 0.6 is 11.3 Å². The first-order chi connectivity index (χ1) is 14.4. The van der Waals surface area contributed by atoms with Gasteiger partial charge in [-0.1, -0.05) is 24.3 Å². The minimum atomic E-state index is -0.739. The molecule has 2 aromatic rings. The summed E-state index contributed by atoms with van der Waals surface area (Å²) in [5.41, 5.74) is 4.83. The molecule has 158 valence electrons. The SMILES string of the molecule is Cc1ncsc1-c1ccc(CNC(=O)C2CC(O)CN2C(=O)C2CNC(=O)C2)cc1. The number of hydrogen-bond acceptors (Lipinski definition) is 6. The van der Waals surface area contributed by atoms with Gasteiger partial charge in [0.2, 0.25) is 17.7 Å². The predicted octanol–water partition coefficient (Wildman–Crippen LogP) is 0.833. The molecule has 3 heterocycles. The summed E-state index contributed by atoms with van der Waals surface area (Å²) in [7, 11) is 0. The van der Waals surface area contributed by atoms with Gasteiger partial charge in [-0.05, 0) is 18.1 Å². The van der Waals surface area contributed by atoms with Crippen LogP contribution in [-0.4, -0.2) is 57.9 Å². The quantitative estimate of drug-likeness (QED) is 0.653. The third kappa shape index (κ3) is 4.22. The monoisotopic (exact) mass is 428 g/mol. The van der Waals surface area contributed by atoms with Crippen molar-refractivity contribution in [1.29, 1.82) is 0 Å². The molecule has 3 amide bonds. The Kier molecular flexibility index (Phi) is 5.83. The molecule has 3 N–H and O–H groups in total. The average Bonchev–Trinajstić information content (AvgIpc) is 3.46. The number of aliphatic hydroxyl groups excluding tert-OH is 1. The lowest BCUT2D eigenvalue weighted by Crippen LogP contribution is -2.48. The zero-order valence-corrected chi connectivity index (χ0v) is 17.4. The van der Waals surface area contributed by atoms with Crippen molar-refractivity contribution in [3.8, 4) is 10.4 Å². The van der Waals surface area contributed by atoms with Gasteiger partial charge in [-0.15, -0.1) is 11.3 Å². The van der Waals surface area contributed by atoms with Crippen LogP contribution in [0.25, 0.3) is 10.4 Å². The van der Waals surface area contributed by atoms with Crippen LogP contribution in [0.1, 0.15) is 24.1 Å². The summed E-state index contributed by atoms with van der Waals surface area (Å²) in [5, 5.41) is 15.5. The van der Waals surface area contributed by atoms with Crippen LogP contribution in [-0.2, 0) is 20.9 Å². The van der Waals surface area contributed by atoms with Gasteiger partial charge in [0.25, 0.3) is 0 Å². The maximum Gasteiger partial charge on any atom is 0.243 e. The Bertz CT molecular complexity index is 958. The summed E-state index contributed by atoms with van der Waals surface area (Å²) >= 11 is 1.59. The second kappa shape index (κ2) is 8.53. The van der Waals surface area contributed by atoms with Crippen molar-refractivity contribution in [3.05, 3.63) is 41.0 Å². The normalized spacial score (nSPS) is 23.5. The van der Waals surface area contributed by atoms with Gasteiger partial charge in [-0.3, -0.25) is 14.4 Å². The molecule has 1 aromatic heterocycles. The molecular formula is C21H24N4O4S. The summed E-state index contributed by atoms with van der Waals surface area (Å²) in [6.45, 7) is 2.70. The summed E-state index contributed by atoms with van der Waals surface area (Å²) in [6, 6.07) is 7.19. The lowest BCUT2D eigenvalue weighted by atomic mass is 10.1. The van der Waals surface area contributed by atoms with E-state index in [1.807, 2.05) is 36.7 Å². The number of nitrogens with zero attached hydrogens (tertiary/aromatic N) is 2. The number of carbonyl (C=O) groups excluding carboxylic acids is 3. The van der Waals surface area contributed by atoms with E-state index in [2.05, 4.69) is 15.6 Å². The Hall–Kier alpha value is -2.78. The van der Waals surface area contributed by atoms with E-state index >= 15 is 0 Å². The Morgan fingerprint density at radius 3 is 2.73 bits per heavy atom. The number of rotatable bonds is 5. The number of aliphatic hydroxyl groups is 1. The van der Waals surface area contributed by atoms with E-state index in [1.54, 1.807) is 11.3 Å². The largest absolute Gasteiger partial charge is 0.391 e. The number of benzene rings is 1. The third-order valence-electron chi connectivity index (χ3n) is 5.62. The fraction of sp³-hybridized carbons (Fsp3) is 0.429. The number of nitrogens with one attached hydrogen (secondary N) is 2. The number of aryl methyl sites for hydroxylation is 1. The van der Waals surface area contributed by atoms with Gasteiger partial charge in [0.1, 0.15) is 6.04 Å². The molecule has 3 unspecified atom stereocenters. The topological polar surface area (TPSA) is 112 Å². The van der Waals surface area contributed by atoms with E-state index in [4.69, 9.17) is 0 Å². The fourth-order valence-electron chi connectivity index (χ4n) is 3.98. The number of aromatic nitrogens is 1. The lowest BCUT2D eigenvalue weighted by molar-refractivity contribution is -0.141. The summed E-state index contributed by atoms with van der Waals surface area (Å²) in [4.78, 5) is 43.7. The minimum Gasteiger partial charge on any atom is -0.391 e. The molecule has 0 bridgehead atoms. The molecule has 2 aliphatic rings. The molecule has 2 aliphatic heterocycles. The van der Waals surface area contributed by atoms with Crippen molar-refractivity contribution < 1.29 is 19.5 Å². The highest BCUT2D eigenvalue weighted by molar-refractivity contribution is 7.13. The standard InChI is InChI=1S/C21H24N4O4S/c1-12-19(30-11-24-12)14-4-2-13(3-5-14)8-23-20(28)17-7-16(26)10-25(17)21(29)15-6-18(27)22-9-15/h2-5,11,15-17,26H,6-10H2,1H3,(H,22,27)(H,23,28). The van der Waals surface area contributed by atoms with Crippen LogP contribution in [0.3, 0.4) is 0 Å². The van der Waals surface area contributed by atoms with Gasteiger partial charge in [0, 0.05) is 32.5 Å². The molecule has 1 aromatic carbocycles. The van der Waals surface area contributed by atoms with Crippen molar-refractivity contribution in [2.45, 2.75) is 38.5 Å². The smallest absolute Gasteiger partial charge is 0.243 e. The molecule has 9 heteroatoms. The second-order valence-corrected chi connectivity index (χ2v) is 8.64. The maximum atomic E-state index is 12.8. The van der Waals surface area contributed by atoms with Crippen molar-refractivity contribution in [2.75, 3.05) is 13.1 Å². The van der Waals surface area contributed by atoms with E-state index in [9.17, 15) is 19.5 Å². The maximum absolute atomic E-state index is 12.8. The molecule has 0 saturated carbocycles. The summed E-state index contributed by atoms with van der Waals surface area (Å²) in [5.74, 6) is -1.18. The lowest BCUT2D eigenvalue weighted by Gasteiger charge is -2.25. The molecule has 0 radical (unpaired) electrons. The number of thiazole rings is 1. The summed E-state index contributed by atoms with van der Waals surface area (Å²) < 4.78 is 0. The van der Waals surface area contributed by atoms with E-state index < -0.39 is 18.1 Å². The molecule has 2 fully saturated rings. The molecular weight excluding hydrogens is 404 g/mol. The summed E-state index contributed by atoms with van der Waals surface area (Å²) in [6.07, 6.45) is -0.405. The van der Waals surface area contributed by atoms with Gasteiger partial charge >= 0.3 is 0 Å². The molecule has 0 aliphatic carbocycles. The van der Waals surface area contributed by atoms with Crippen LogP contribution in [0.15, 0.2) is 29.8 Å². The Morgan fingerprint density at radius 1 is 1.33 bits per heavy atom. The fourth-order valence-corrected chi connectivity index (χ4v) is 4.79. The molecule has 3 atom stereocenters. The Morgan fingerprint density at radius 2 is 2.10 bits per heavy atom. The van der Waals surface area contributed by atoms with E-state index in [-0.39, 0.29) is 43.7 Å². The first kappa shape index (κ1) is 20.5. The highest BCUT2D eigenvalue weighted by atomic mass is 32.1. The van der Waals surface area contributed by atoms with E-state index in [1.165, 1.54) is 4.90 Å². The van der Waals surface area contributed by atoms with Crippen LogP contribution in [0.4, 0.5) is 0 Å². The molecule has 30 heavy (non-hydrogen) atoms. The van der Waals surface area contributed by atoms with Gasteiger partial charge in [0.15, 0.2) is 0 Å². The predicted molar refractivity (Wildman–Crippen MR) is 111 cm³/mol. The molecule has 4 rings (SSSR count). The number of carbonyl (C=O) groups is 3. The zero-order chi connectivity index (χ0) is 21.3. The van der Waals surface area contributed by atoms with Crippen molar-refractivity contribution >= 4 is 29.1 Å². The van der Waals surface area contributed by atoms with E-state index in [0.717, 1.165) is 21.7 Å². The Balaban J connectivity index is 1.37. The van der Waals surface area contributed by atoms with Gasteiger partial charge < -0.3 is 20.6 Å². The second-order valence-electron chi connectivity index (χ2n) is 7.78. The number of hydrogen-bond donors (Lipinski definition) is 3. The first-order valence-electron chi connectivity index (χ1n) is 9.94. The van der Waals surface area contributed by atoms with Crippen molar-refractivity contribution in [2.24, 2.45) is 5.92 Å². The van der Waals surface area contributed by atoms with Crippen LogP contribution in [0.2, 0.25) is 0 Å². The highest BCUT2D eigenvalue weighted by Gasteiger charge is 2.42. The number of amides is 3. The van der Waals surface area contributed by atoms with Gasteiger partial charge in [-0.2, -0.15) is 0 Å². The molecule has 2 saturated heterocycles. The van der Waals surface area contributed by atoms with Crippen LogP contribution in [0, 0.1) is 12.8 Å². The molecule has 8 nitrogen and oxygen atoms in total. The number of likely N-dealkylation sites (tertiary alicyclic amines) is 1. The average molecular weight is 429 g/mol. The Labute approximate surface area is 178 Å².